The summed E-state index contributed by atoms with van der Waals surface area (Å²) in [5.41, 5.74) is -5.64. The number of sulfonamides is 1. The number of benzene rings is 2. The van der Waals surface area contributed by atoms with Crippen LogP contribution in [0.5, 0.6) is 11.5 Å². The van der Waals surface area contributed by atoms with E-state index in [1.54, 1.807) is 6.07 Å². The number of hydrogen-bond acceptors (Lipinski definition) is 3. The zero-order valence-corrected chi connectivity index (χ0v) is 13.4. The van der Waals surface area contributed by atoms with Crippen LogP contribution in [0.25, 0.3) is 0 Å². The summed E-state index contributed by atoms with van der Waals surface area (Å²) in [5, 5.41) is 0.665. The van der Waals surface area contributed by atoms with Crippen LogP contribution in [-0.4, -0.2) is 13.9 Å². The van der Waals surface area contributed by atoms with Gasteiger partial charge in [-0.2, -0.15) is 21.6 Å². The first kappa shape index (κ1) is 17.7. The van der Waals surface area contributed by atoms with E-state index in [1.165, 1.54) is 29.0 Å². The second-order valence-corrected chi connectivity index (χ2v) is 6.77. The molecule has 2 rings (SSSR count). The van der Waals surface area contributed by atoms with Gasteiger partial charge in [-0.25, -0.2) is 0 Å². The van der Waals surface area contributed by atoms with Crippen molar-refractivity contribution in [3.63, 3.8) is 0 Å². The molecule has 2 aromatic carbocycles. The normalized spacial score (nSPS) is 12.0. The first-order valence-corrected chi connectivity index (χ1v) is 8.14. The van der Waals surface area contributed by atoms with Gasteiger partial charge in [-0.05, 0) is 42.5 Å². The van der Waals surface area contributed by atoms with Crippen LogP contribution in [0.2, 0.25) is 10.0 Å². The van der Waals surface area contributed by atoms with E-state index in [-0.39, 0.29) is 16.5 Å². The highest BCUT2D eigenvalue weighted by molar-refractivity contribution is 7.93. The molecule has 0 atom stereocenters. The van der Waals surface area contributed by atoms with Crippen molar-refractivity contribution in [2.45, 2.75) is 5.51 Å². The van der Waals surface area contributed by atoms with Gasteiger partial charge in [0.25, 0.3) is 0 Å². The van der Waals surface area contributed by atoms with E-state index in [1.807, 2.05) is 0 Å². The molecule has 23 heavy (non-hydrogen) atoms. The quantitative estimate of drug-likeness (QED) is 0.801. The molecule has 124 valence electrons. The van der Waals surface area contributed by atoms with Crippen molar-refractivity contribution in [2.75, 3.05) is 4.72 Å². The highest BCUT2D eigenvalue weighted by atomic mass is 35.5. The van der Waals surface area contributed by atoms with E-state index in [0.29, 0.717) is 10.8 Å². The summed E-state index contributed by atoms with van der Waals surface area (Å²) in [6.07, 6.45) is 0. The summed E-state index contributed by atoms with van der Waals surface area (Å²) in [6, 6.07) is 9.37. The van der Waals surface area contributed by atoms with Gasteiger partial charge in [0.1, 0.15) is 11.5 Å². The fourth-order valence-electron chi connectivity index (χ4n) is 1.49. The molecule has 0 saturated carbocycles. The predicted molar refractivity (Wildman–Crippen MR) is 81.6 cm³/mol. The molecular formula is C13H8Cl2F3NO3S. The van der Waals surface area contributed by atoms with Crippen molar-refractivity contribution in [3.05, 3.63) is 52.5 Å². The number of rotatable bonds is 4. The summed E-state index contributed by atoms with van der Waals surface area (Å²) in [5.74, 6) is 0.545. The van der Waals surface area contributed by atoms with Gasteiger partial charge in [-0.15, -0.1) is 0 Å². The molecule has 0 fully saturated rings. The Hall–Kier alpha value is -1.64. The van der Waals surface area contributed by atoms with E-state index in [2.05, 4.69) is 0 Å². The third kappa shape index (κ3) is 4.43. The molecule has 0 saturated heterocycles. The molecular weight excluding hydrogens is 378 g/mol. The maximum atomic E-state index is 12.3. The van der Waals surface area contributed by atoms with Crippen molar-refractivity contribution >= 4 is 38.9 Å². The Balaban J connectivity index is 2.14. The van der Waals surface area contributed by atoms with Gasteiger partial charge in [0.2, 0.25) is 0 Å². The Bertz CT molecular complexity index is 808. The van der Waals surface area contributed by atoms with Gasteiger partial charge >= 0.3 is 15.5 Å². The van der Waals surface area contributed by atoms with Crippen molar-refractivity contribution in [1.29, 1.82) is 0 Å². The number of halogens is 5. The monoisotopic (exact) mass is 385 g/mol. The van der Waals surface area contributed by atoms with Gasteiger partial charge in [-0.3, -0.25) is 4.72 Å². The van der Waals surface area contributed by atoms with Crippen LogP contribution in [0, 0.1) is 0 Å². The van der Waals surface area contributed by atoms with E-state index < -0.39 is 15.5 Å². The molecule has 0 heterocycles. The van der Waals surface area contributed by atoms with Crippen molar-refractivity contribution in [2.24, 2.45) is 0 Å². The summed E-state index contributed by atoms with van der Waals surface area (Å²) in [4.78, 5) is 0. The van der Waals surface area contributed by atoms with Gasteiger partial charge < -0.3 is 4.74 Å². The maximum absolute atomic E-state index is 12.3. The molecule has 10 heteroatoms. The molecule has 0 amide bonds. The Morgan fingerprint density at radius 2 is 1.61 bits per heavy atom. The summed E-state index contributed by atoms with van der Waals surface area (Å²) >= 11 is 11.7. The maximum Gasteiger partial charge on any atom is 0.516 e. The second kappa shape index (κ2) is 6.46. The Morgan fingerprint density at radius 1 is 1.00 bits per heavy atom. The van der Waals surface area contributed by atoms with Gasteiger partial charge in [0.05, 0.1) is 5.02 Å². The molecule has 0 aliphatic rings. The molecule has 0 aliphatic carbocycles. The molecule has 0 bridgehead atoms. The molecule has 0 unspecified atom stereocenters. The average molecular weight is 386 g/mol. The van der Waals surface area contributed by atoms with Crippen LogP contribution in [0.15, 0.2) is 42.5 Å². The lowest BCUT2D eigenvalue weighted by Crippen LogP contribution is -2.29. The minimum atomic E-state index is -5.46. The molecule has 1 N–H and O–H groups in total. The molecule has 2 aromatic rings. The van der Waals surface area contributed by atoms with Gasteiger partial charge in [0, 0.05) is 10.7 Å². The number of anilines is 1. The highest BCUT2D eigenvalue weighted by Crippen LogP contribution is 2.32. The zero-order chi connectivity index (χ0) is 17.3. The first-order valence-electron chi connectivity index (χ1n) is 5.90. The zero-order valence-electron chi connectivity index (χ0n) is 11.1. The van der Waals surface area contributed by atoms with E-state index in [9.17, 15) is 21.6 Å². The fourth-order valence-corrected chi connectivity index (χ4v) is 2.50. The van der Waals surface area contributed by atoms with E-state index in [4.69, 9.17) is 27.9 Å². The smallest absolute Gasteiger partial charge is 0.456 e. The lowest BCUT2D eigenvalue weighted by molar-refractivity contribution is -0.0429. The first-order chi connectivity index (χ1) is 10.6. The molecule has 0 radical (unpaired) electrons. The number of alkyl halides is 3. The molecule has 0 spiro atoms. The number of nitrogens with one attached hydrogen (secondary N) is 1. The lowest BCUT2D eigenvalue weighted by Gasteiger charge is -2.11. The Morgan fingerprint density at radius 3 is 2.13 bits per heavy atom. The minimum Gasteiger partial charge on any atom is -0.456 e. The Kier molecular flexibility index (Phi) is 4.98. The van der Waals surface area contributed by atoms with Crippen LogP contribution < -0.4 is 9.46 Å². The lowest BCUT2D eigenvalue weighted by atomic mass is 10.3. The third-order valence-electron chi connectivity index (χ3n) is 2.53. The van der Waals surface area contributed by atoms with Gasteiger partial charge in [-0.1, -0.05) is 23.2 Å². The van der Waals surface area contributed by atoms with Crippen LogP contribution in [0.3, 0.4) is 0 Å². The summed E-state index contributed by atoms with van der Waals surface area (Å²) in [6.45, 7) is 0. The van der Waals surface area contributed by atoms with Crippen molar-refractivity contribution < 1.29 is 26.3 Å². The topological polar surface area (TPSA) is 55.4 Å². The van der Waals surface area contributed by atoms with Crippen molar-refractivity contribution in [3.8, 4) is 11.5 Å². The highest BCUT2D eigenvalue weighted by Gasteiger charge is 2.45. The second-order valence-electron chi connectivity index (χ2n) is 4.25. The summed E-state index contributed by atoms with van der Waals surface area (Å²) < 4.78 is 65.6. The molecule has 0 aliphatic heterocycles. The summed E-state index contributed by atoms with van der Waals surface area (Å²) in [7, 11) is -5.46. The molecule has 4 nitrogen and oxygen atoms in total. The Labute approximate surface area is 139 Å². The van der Waals surface area contributed by atoms with Crippen LogP contribution >= 0.6 is 23.2 Å². The number of hydrogen-bond donors (Lipinski definition) is 1. The van der Waals surface area contributed by atoms with Crippen LogP contribution in [-0.2, 0) is 10.0 Å². The minimum absolute atomic E-state index is 0.249. The fraction of sp³-hybridized carbons (Fsp3) is 0.0769. The van der Waals surface area contributed by atoms with E-state index in [0.717, 1.165) is 12.1 Å². The van der Waals surface area contributed by atoms with Gasteiger partial charge in [0.15, 0.2) is 0 Å². The SMILES string of the molecule is O=S(=O)(Nc1ccc(Oc2ccc(Cl)cc2Cl)cc1)C(F)(F)F. The van der Waals surface area contributed by atoms with Crippen molar-refractivity contribution in [1.82, 2.24) is 0 Å². The average Bonchev–Trinajstić information content (AvgIpc) is 2.42. The standard InChI is InChI=1S/C13H8Cl2F3NO3S/c14-8-1-6-12(11(15)7-8)22-10-4-2-9(3-5-10)19-23(20,21)13(16,17)18/h1-7,19H. The van der Waals surface area contributed by atoms with Crippen LogP contribution in [0.1, 0.15) is 0 Å². The largest absolute Gasteiger partial charge is 0.516 e. The van der Waals surface area contributed by atoms with Crippen LogP contribution in [0.4, 0.5) is 18.9 Å². The number of ether oxygens (including phenoxy) is 1. The van der Waals surface area contributed by atoms with E-state index >= 15 is 0 Å². The third-order valence-corrected chi connectivity index (χ3v) is 4.18. The predicted octanol–water partition coefficient (Wildman–Crippen LogP) is 5.05. The molecule has 0 aromatic heterocycles.